The van der Waals surface area contributed by atoms with Gasteiger partial charge in [-0.3, -0.25) is 4.31 Å². The van der Waals surface area contributed by atoms with Crippen molar-refractivity contribution in [1.82, 2.24) is 4.31 Å². The van der Waals surface area contributed by atoms with Crippen LogP contribution < -0.4 is 5.73 Å². The summed E-state index contributed by atoms with van der Waals surface area (Å²) in [7, 11) is -2.57. The Hall–Kier alpha value is -1.63. The third-order valence-electron chi connectivity index (χ3n) is 4.33. The van der Waals surface area contributed by atoms with Gasteiger partial charge in [-0.05, 0) is 32.3 Å². The van der Waals surface area contributed by atoms with Gasteiger partial charge >= 0.3 is 0 Å². The Bertz CT molecular complexity index is 726. The maximum absolute atomic E-state index is 14.2. The first-order valence-electron chi connectivity index (χ1n) is 7.53. The van der Waals surface area contributed by atoms with E-state index in [-0.39, 0.29) is 11.8 Å². The molecule has 0 spiro atoms. The minimum absolute atomic E-state index is 0.207. The molecule has 0 fully saturated rings. The van der Waals surface area contributed by atoms with Crippen molar-refractivity contribution in [3.63, 3.8) is 0 Å². The van der Waals surface area contributed by atoms with E-state index in [9.17, 15) is 8.60 Å². The van der Waals surface area contributed by atoms with Gasteiger partial charge in [-0.1, -0.05) is 18.2 Å². The molecule has 0 bridgehead atoms. The van der Waals surface area contributed by atoms with Gasteiger partial charge in [0.2, 0.25) is 5.96 Å². The molecule has 2 aliphatic rings. The van der Waals surface area contributed by atoms with E-state index < -0.39 is 15.5 Å². The summed E-state index contributed by atoms with van der Waals surface area (Å²) in [5, 5.41) is 0. The molecule has 3 rings (SSSR count). The molecule has 0 saturated heterocycles. The van der Waals surface area contributed by atoms with Gasteiger partial charge in [-0.15, -0.1) is 0 Å². The van der Waals surface area contributed by atoms with Crippen LogP contribution >= 0.6 is 0 Å². The van der Waals surface area contributed by atoms with Crippen molar-refractivity contribution >= 4 is 15.9 Å². The molecule has 0 radical (unpaired) electrons. The number of aliphatic imine (C=N–C) groups is 1. The van der Waals surface area contributed by atoms with Crippen LogP contribution in [0.3, 0.4) is 0 Å². The molecule has 22 heavy (non-hydrogen) atoms. The van der Waals surface area contributed by atoms with E-state index in [4.69, 9.17) is 5.73 Å². The fraction of sp³-hybridized carbons (Fsp3) is 0.533. The smallest absolute Gasteiger partial charge is 0.204 e. The van der Waals surface area contributed by atoms with Gasteiger partial charge in [0, 0.05) is 12.1 Å². The van der Waals surface area contributed by atoms with Gasteiger partial charge in [-0.2, -0.15) is 0 Å². The number of nitrogens with zero attached hydrogens (tertiary/aromatic N) is 3. The highest BCUT2D eigenvalue weighted by molar-refractivity contribution is 7.91. The number of guanidine groups is 1. The van der Waals surface area contributed by atoms with Crippen LogP contribution in [0.1, 0.15) is 31.7 Å². The average molecular weight is 324 g/mol. The molecule has 1 aromatic carbocycles. The van der Waals surface area contributed by atoms with Crippen LogP contribution in [0.5, 0.6) is 0 Å². The Balaban J connectivity index is 2.08. The second-order valence-electron chi connectivity index (χ2n) is 5.95. The summed E-state index contributed by atoms with van der Waals surface area (Å²) in [4.78, 5) is 4.55. The van der Waals surface area contributed by atoms with Gasteiger partial charge < -0.3 is 5.73 Å². The number of rotatable bonds is 1. The maximum atomic E-state index is 14.2. The summed E-state index contributed by atoms with van der Waals surface area (Å²) in [5.74, 6) is 0.242. The molecular formula is C15H21FN4OS. The number of benzene rings is 1. The third kappa shape index (κ3) is 2.58. The van der Waals surface area contributed by atoms with Crippen molar-refractivity contribution in [3.05, 3.63) is 35.6 Å². The van der Waals surface area contributed by atoms with E-state index in [1.54, 1.807) is 22.5 Å². The topological polar surface area (TPSA) is 71.0 Å². The second-order valence-corrected chi connectivity index (χ2v) is 8.27. The first-order chi connectivity index (χ1) is 10.4. The van der Waals surface area contributed by atoms with Gasteiger partial charge in [-0.25, -0.2) is 18.0 Å². The third-order valence-corrected chi connectivity index (χ3v) is 6.71. The average Bonchev–Trinajstić information content (AvgIpc) is 2.72. The van der Waals surface area contributed by atoms with Crippen LogP contribution in [0.25, 0.3) is 0 Å². The molecule has 2 atom stereocenters. The van der Waals surface area contributed by atoms with E-state index in [1.807, 2.05) is 6.92 Å². The predicted octanol–water partition coefficient (Wildman–Crippen LogP) is 2.24. The Morgan fingerprint density at radius 2 is 2.14 bits per heavy atom. The Morgan fingerprint density at radius 3 is 2.91 bits per heavy atom. The van der Waals surface area contributed by atoms with Crippen molar-refractivity contribution in [1.29, 1.82) is 0 Å². The molecule has 0 aliphatic carbocycles. The molecule has 120 valence electrons. The highest BCUT2D eigenvalue weighted by atomic mass is 32.2. The van der Waals surface area contributed by atoms with E-state index in [1.165, 1.54) is 6.07 Å². The standard InChI is InChI=1S/C15H21FN4OS/c1-15(12-6-2-3-7-13(12)16)8-11-22(21)18-9-4-5-10-20(22)14(17)19-15/h2-3,6-7H,4-5,8-11H2,1H3,(H2,17,19)/t15-,22-/m0/s1. The highest BCUT2D eigenvalue weighted by Crippen LogP contribution is 2.35. The molecule has 7 heteroatoms. The van der Waals surface area contributed by atoms with E-state index in [0.717, 1.165) is 12.8 Å². The lowest BCUT2D eigenvalue weighted by Crippen LogP contribution is -2.42. The zero-order chi connectivity index (χ0) is 15.8. The summed E-state index contributed by atoms with van der Waals surface area (Å²) in [6.45, 7) is 3.01. The Labute approximate surface area is 130 Å². The predicted molar refractivity (Wildman–Crippen MR) is 86.2 cm³/mol. The van der Waals surface area contributed by atoms with Crippen LogP contribution in [0.4, 0.5) is 4.39 Å². The van der Waals surface area contributed by atoms with Crippen molar-refractivity contribution in [2.24, 2.45) is 15.1 Å². The quantitative estimate of drug-likeness (QED) is 0.860. The number of fused-ring (bicyclic) bond motifs is 1. The SMILES string of the molecule is C[C@@]1(c2ccccc2F)CC[S@]2(=O)=NCCCCN2C(N)=N1. The Morgan fingerprint density at radius 1 is 1.36 bits per heavy atom. The maximum Gasteiger partial charge on any atom is 0.204 e. The van der Waals surface area contributed by atoms with Crippen molar-refractivity contribution in [3.8, 4) is 0 Å². The summed E-state index contributed by atoms with van der Waals surface area (Å²) < 4.78 is 33.3. The zero-order valence-corrected chi connectivity index (χ0v) is 13.5. The molecule has 2 aliphatic heterocycles. The zero-order valence-electron chi connectivity index (χ0n) is 12.7. The first kappa shape index (κ1) is 15.3. The molecule has 5 nitrogen and oxygen atoms in total. The number of halogens is 1. The minimum Gasteiger partial charge on any atom is -0.369 e. The first-order valence-corrected chi connectivity index (χ1v) is 9.17. The van der Waals surface area contributed by atoms with Crippen LogP contribution in [0.15, 0.2) is 33.6 Å². The van der Waals surface area contributed by atoms with Gasteiger partial charge in [0.1, 0.15) is 15.7 Å². The van der Waals surface area contributed by atoms with Gasteiger partial charge in [0.05, 0.1) is 17.8 Å². The van der Waals surface area contributed by atoms with E-state index in [0.29, 0.717) is 30.8 Å². The molecule has 2 heterocycles. The number of hydrogen-bond donors (Lipinski definition) is 1. The summed E-state index contributed by atoms with van der Waals surface area (Å²) >= 11 is 0. The fourth-order valence-electron chi connectivity index (χ4n) is 3.01. The lowest BCUT2D eigenvalue weighted by atomic mass is 9.89. The molecule has 2 N–H and O–H groups in total. The molecule has 0 unspecified atom stereocenters. The fourth-order valence-corrected chi connectivity index (χ4v) is 5.33. The van der Waals surface area contributed by atoms with Crippen LogP contribution in [-0.4, -0.2) is 33.3 Å². The summed E-state index contributed by atoms with van der Waals surface area (Å²) in [5.41, 5.74) is 5.79. The lowest BCUT2D eigenvalue weighted by Gasteiger charge is -2.25. The molecule has 0 saturated carbocycles. The normalized spacial score (nSPS) is 32.3. The van der Waals surface area contributed by atoms with E-state index in [2.05, 4.69) is 9.36 Å². The Kier molecular flexibility index (Phi) is 3.84. The highest BCUT2D eigenvalue weighted by Gasteiger charge is 2.37. The number of nitrogens with two attached hydrogens (primary N) is 1. The van der Waals surface area contributed by atoms with Gasteiger partial charge in [0.25, 0.3) is 0 Å². The van der Waals surface area contributed by atoms with Gasteiger partial charge in [0.15, 0.2) is 0 Å². The van der Waals surface area contributed by atoms with Crippen molar-refractivity contribution in [2.45, 2.75) is 31.7 Å². The van der Waals surface area contributed by atoms with Crippen molar-refractivity contribution < 1.29 is 8.60 Å². The van der Waals surface area contributed by atoms with Crippen molar-refractivity contribution in [2.75, 3.05) is 18.8 Å². The van der Waals surface area contributed by atoms with Crippen LogP contribution in [0, 0.1) is 5.82 Å². The lowest BCUT2D eigenvalue weighted by molar-refractivity contribution is 0.450. The minimum atomic E-state index is -2.57. The van der Waals surface area contributed by atoms with E-state index >= 15 is 0 Å². The van der Waals surface area contributed by atoms with Crippen LogP contribution in [0.2, 0.25) is 0 Å². The molecule has 0 aromatic heterocycles. The number of hydrogen-bond acceptors (Lipinski definition) is 4. The largest absolute Gasteiger partial charge is 0.369 e. The summed E-state index contributed by atoms with van der Waals surface area (Å²) in [6, 6.07) is 6.56. The molecular weight excluding hydrogens is 303 g/mol. The summed E-state index contributed by atoms with van der Waals surface area (Å²) in [6.07, 6.45) is 2.24. The molecule has 1 aromatic rings. The monoisotopic (exact) mass is 324 g/mol. The van der Waals surface area contributed by atoms with Crippen LogP contribution in [-0.2, 0) is 15.5 Å². The second kappa shape index (κ2) is 5.53. The molecule has 0 amide bonds.